The van der Waals surface area contributed by atoms with Gasteiger partial charge < -0.3 is 20.5 Å². The second-order valence-corrected chi connectivity index (χ2v) is 8.86. The van der Waals surface area contributed by atoms with Gasteiger partial charge in [0, 0.05) is 17.1 Å². The molecule has 9 heteroatoms. The molecule has 0 aliphatic carbocycles. The average molecular weight is 470 g/mol. The number of anilines is 1. The molecule has 2 aromatic rings. The lowest BCUT2D eigenvalue weighted by molar-refractivity contribution is -0.119. The monoisotopic (exact) mass is 469 g/mol. The van der Waals surface area contributed by atoms with Gasteiger partial charge in [0.25, 0.3) is 5.91 Å². The number of carbonyl (C=O) groups is 2. The Bertz CT molecular complexity index is 896. The van der Waals surface area contributed by atoms with E-state index < -0.39 is 17.2 Å². The highest BCUT2D eigenvalue weighted by Crippen LogP contribution is 2.32. The van der Waals surface area contributed by atoms with Crippen molar-refractivity contribution in [1.29, 1.82) is 0 Å². The standard InChI is InChI=1S/C21H24ClN3O3S.ClH/c1-2-3-10-24-20(26)15-6-9-19-18(11-15)25(21(27)17(23)13-29(19)28)12-14-4-7-16(22)8-5-14;/h4-9,11,17H,2-3,10,12-13,23H2,1H3,(H,24,26);1H/t17-,29?;/m0./s1. The Labute approximate surface area is 190 Å². The summed E-state index contributed by atoms with van der Waals surface area (Å²) < 4.78 is 12.7. The van der Waals surface area contributed by atoms with Crippen LogP contribution in [0.1, 0.15) is 35.7 Å². The average Bonchev–Trinajstić information content (AvgIpc) is 2.80. The molecule has 0 fully saturated rings. The first-order valence-corrected chi connectivity index (χ1v) is 11.2. The Morgan fingerprint density at radius 3 is 2.67 bits per heavy atom. The van der Waals surface area contributed by atoms with Crippen LogP contribution in [0, 0.1) is 0 Å². The number of rotatable bonds is 6. The number of hydrogen-bond acceptors (Lipinski definition) is 4. The molecule has 162 valence electrons. The van der Waals surface area contributed by atoms with Crippen LogP contribution in [0.25, 0.3) is 0 Å². The lowest BCUT2D eigenvalue weighted by atomic mass is 10.1. The summed E-state index contributed by atoms with van der Waals surface area (Å²) in [6.45, 7) is 2.87. The number of hydrogen-bond donors (Lipinski definition) is 2. The number of nitrogens with zero attached hydrogens (tertiary/aromatic N) is 1. The topological polar surface area (TPSA) is 98.5 Å². The minimum Gasteiger partial charge on any atom is -0.611 e. The van der Waals surface area contributed by atoms with Crippen LogP contribution >= 0.6 is 24.0 Å². The highest BCUT2D eigenvalue weighted by molar-refractivity contribution is 7.91. The van der Waals surface area contributed by atoms with Crippen molar-refractivity contribution < 1.29 is 14.1 Å². The van der Waals surface area contributed by atoms with Crippen LogP contribution in [0.4, 0.5) is 5.69 Å². The largest absolute Gasteiger partial charge is 0.611 e. The van der Waals surface area contributed by atoms with Gasteiger partial charge in [0.1, 0.15) is 17.5 Å². The number of nitrogens with one attached hydrogen (secondary N) is 1. The van der Waals surface area contributed by atoms with E-state index in [4.69, 9.17) is 17.3 Å². The predicted octanol–water partition coefficient (Wildman–Crippen LogP) is 3.27. The summed E-state index contributed by atoms with van der Waals surface area (Å²) in [4.78, 5) is 27.5. The van der Waals surface area contributed by atoms with Crippen molar-refractivity contribution in [2.45, 2.75) is 37.2 Å². The Kier molecular flexibility index (Phi) is 9.00. The maximum Gasteiger partial charge on any atom is 0.251 e. The Hall–Kier alpha value is -1.77. The molecule has 2 aromatic carbocycles. The summed E-state index contributed by atoms with van der Waals surface area (Å²) in [6, 6.07) is 11.2. The van der Waals surface area contributed by atoms with E-state index in [0.717, 1.165) is 18.4 Å². The molecule has 0 radical (unpaired) electrons. The van der Waals surface area contributed by atoms with Crippen molar-refractivity contribution in [2.75, 3.05) is 17.2 Å². The van der Waals surface area contributed by atoms with Gasteiger partial charge in [0.15, 0.2) is 4.90 Å². The second-order valence-electron chi connectivity index (χ2n) is 6.96. The third-order valence-corrected chi connectivity index (χ3v) is 6.49. The zero-order valence-electron chi connectivity index (χ0n) is 16.6. The van der Waals surface area contributed by atoms with E-state index in [0.29, 0.717) is 27.7 Å². The fraction of sp³-hybridized carbons (Fsp3) is 0.333. The van der Waals surface area contributed by atoms with E-state index in [9.17, 15) is 14.1 Å². The Balaban J connectivity index is 0.00000320. The van der Waals surface area contributed by atoms with Crippen LogP contribution in [-0.4, -0.2) is 34.7 Å². The van der Waals surface area contributed by atoms with Crippen LogP contribution in [0.5, 0.6) is 0 Å². The molecular formula is C21H25Cl2N3O3S. The molecule has 0 spiro atoms. The van der Waals surface area contributed by atoms with E-state index in [1.54, 1.807) is 30.3 Å². The molecule has 0 bridgehead atoms. The van der Waals surface area contributed by atoms with Gasteiger partial charge in [-0.15, -0.1) is 12.4 Å². The zero-order valence-corrected chi connectivity index (χ0v) is 19.0. The van der Waals surface area contributed by atoms with Gasteiger partial charge in [-0.25, -0.2) is 0 Å². The molecule has 2 atom stereocenters. The number of unbranched alkanes of at least 4 members (excludes halogenated alkanes) is 1. The van der Waals surface area contributed by atoms with E-state index in [1.807, 2.05) is 19.1 Å². The van der Waals surface area contributed by atoms with Crippen LogP contribution in [0.15, 0.2) is 47.4 Å². The van der Waals surface area contributed by atoms with Crippen molar-refractivity contribution in [2.24, 2.45) is 5.73 Å². The molecule has 0 saturated carbocycles. The molecule has 1 aliphatic heterocycles. The van der Waals surface area contributed by atoms with Gasteiger partial charge in [-0.2, -0.15) is 0 Å². The molecule has 1 aliphatic rings. The normalized spacial score (nSPS) is 18.3. The first-order valence-electron chi connectivity index (χ1n) is 9.52. The first kappa shape index (κ1) is 24.5. The molecule has 1 unspecified atom stereocenters. The van der Waals surface area contributed by atoms with Crippen LogP contribution in [0.3, 0.4) is 0 Å². The van der Waals surface area contributed by atoms with E-state index in [1.165, 1.54) is 4.90 Å². The van der Waals surface area contributed by atoms with E-state index in [2.05, 4.69) is 5.32 Å². The molecule has 0 saturated heterocycles. The fourth-order valence-corrected chi connectivity index (χ4v) is 4.52. The number of fused-ring (bicyclic) bond motifs is 1. The van der Waals surface area contributed by atoms with Crippen molar-refractivity contribution in [3.05, 3.63) is 58.6 Å². The van der Waals surface area contributed by atoms with Gasteiger partial charge in [-0.1, -0.05) is 37.1 Å². The fourth-order valence-electron chi connectivity index (χ4n) is 3.12. The maximum absolute atomic E-state index is 13.0. The molecule has 1 heterocycles. The van der Waals surface area contributed by atoms with Crippen LogP contribution < -0.4 is 16.0 Å². The third-order valence-electron chi connectivity index (χ3n) is 4.74. The Morgan fingerprint density at radius 2 is 2.00 bits per heavy atom. The summed E-state index contributed by atoms with van der Waals surface area (Å²) in [6.07, 6.45) is 1.86. The van der Waals surface area contributed by atoms with E-state index in [-0.39, 0.29) is 36.5 Å². The molecule has 3 N–H and O–H groups in total. The third kappa shape index (κ3) is 5.68. The van der Waals surface area contributed by atoms with Gasteiger partial charge in [0.05, 0.1) is 6.54 Å². The number of benzene rings is 2. The van der Waals surface area contributed by atoms with Crippen molar-refractivity contribution in [1.82, 2.24) is 5.32 Å². The summed E-state index contributed by atoms with van der Waals surface area (Å²) in [7, 11) is 0. The predicted molar refractivity (Wildman–Crippen MR) is 123 cm³/mol. The summed E-state index contributed by atoms with van der Waals surface area (Å²) in [5.74, 6) is -0.500. The van der Waals surface area contributed by atoms with Crippen LogP contribution in [0.2, 0.25) is 5.02 Å². The van der Waals surface area contributed by atoms with Gasteiger partial charge in [-0.3, -0.25) is 9.59 Å². The highest BCUT2D eigenvalue weighted by Gasteiger charge is 2.36. The minimum atomic E-state index is -1.43. The Morgan fingerprint density at radius 1 is 1.30 bits per heavy atom. The SMILES string of the molecule is CCCCNC(=O)c1ccc2c(c1)N(Cc1ccc(Cl)cc1)C(=O)[C@@H](N)C[S+]2[O-].Cl. The molecule has 0 aromatic heterocycles. The van der Waals surface area contributed by atoms with Crippen LogP contribution in [-0.2, 0) is 22.5 Å². The highest BCUT2D eigenvalue weighted by atomic mass is 35.5. The van der Waals surface area contributed by atoms with Crippen molar-refractivity contribution >= 4 is 52.7 Å². The summed E-state index contributed by atoms with van der Waals surface area (Å²) in [5.41, 5.74) is 7.74. The zero-order chi connectivity index (χ0) is 21.0. The van der Waals surface area contributed by atoms with Crippen molar-refractivity contribution in [3.63, 3.8) is 0 Å². The van der Waals surface area contributed by atoms with Gasteiger partial charge in [-0.05, 0) is 53.5 Å². The maximum atomic E-state index is 13.0. The molecule has 30 heavy (non-hydrogen) atoms. The van der Waals surface area contributed by atoms with Gasteiger partial charge in [0.2, 0.25) is 5.91 Å². The lowest BCUT2D eigenvalue weighted by Gasteiger charge is -2.23. The first-order chi connectivity index (χ1) is 13.9. The summed E-state index contributed by atoms with van der Waals surface area (Å²) in [5, 5.41) is 3.46. The van der Waals surface area contributed by atoms with Gasteiger partial charge >= 0.3 is 0 Å². The molecular weight excluding hydrogens is 445 g/mol. The minimum absolute atomic E-state index is 0. The second kappa shape index (κ2) is 11.0. The smallest absolute Gasteiger partial charge is 0.251 e. The number of halogens is 2. The van der Waals surface area contributed by atoms with Crippen molar-refractivity contribution in [3.8, 4) is 0 Å². The number of carbonyl (C=O) groups excluding carboxylic acids is 2. The van der Waals surface area contributed by atoms with E-state index >= 15 is 0 Å². The summed E-state index contributed by atoms with van der Waals surface area (Å²) >= 11 is 4.52. The quantitative estimate of drug-likeness (QED) is 0.500. The molecule has 2 amide bonds. The lowest BCUT2D eigenvalue weighted by Crippen LogP contribution is -2.45. The molecule has 6 nitrogen and oxygen atoms in total. The molecule has 3 rings (SSSR count). The number of nitrogens with two attached hydrogens (primary N) is 1. The number of amides is 2.